The zero-order valence-corrected chi connectivity index (χ0v) is 14.6. The molecular formula is C13H16N4O5S2. The molecule has 2 aromatic rings. The predicted octanol–water partition coefficient (Wildman–Crippen LogP) is 0.862. The summed E-state index contributed by atoms with van der Waals surface area (Å²) in [6.45, 7) is 1.47. The largest absolute Gasteiger partial charge is 0.497 e. The van der Waals surface area contributed by atoms with Crippen LogP contribution in [0.15, 0.2) is 28.6 Å². The Morgan fingerprint density at radius 3 is 2.75 bits per heavy atom. The average Bonchev–Trinajstić information content (AvgIpc) is 3.00. The van der Waals surface area contributed by atoms with Gasteiger partial charge in [-0.05, 0) is 12.1 Å². The number of hydrogen-bond acceptors (Lipinski definition) is 8. The van der Waals surface area contributed by atoms with Gasteiger partial charge in [-0.15, -0.1) is 10.2 Å². The van der Waals surface area contributed by atoms with Gasteiger partial charge in [-0.3, -0.25) is 4.79 Å². The maximum Gasteiger partial charge on any atom is 0.269 e. The molecule has 0 bridgehead atoms. The highest BCUT2D eigenvalue weighted by molar-refractivity contribution is 7.91. The summed E-state index contributed by atoms with van der Waals surface area (Å²) in [6, 6.07) is 6.97. The Morgan fingerprint density at radius 1 is 1.29 bits per heavy atom. The number of ether oxygens (including phenoxy) is 2. The normalized spacial score (nSPS) is 11.1. The number of methoxy groups -OCH3 is 1. The molecule has 2 rings (SSSR count). The molecule has 1 heterocycles. The van der Waals surface area contributed by atoms with Gasteiger partial charge in [0.25, 0.3) is 10.0 Å². The van der Waals surface area contributed by atoms with Gasteiger partial charge in [0, 0.05) is 19.5 Å². The van der Waals surface area contributed by atoms with Gasteiger partial charge in [-0.25, -0.2) is 13.1 Å². The van der Waals surface area contributed by atoms with Gasteiger partial charge in [-0.1, -0.05) is 17.4 Å². The van der Waals surface area contributed by atoms with Crippen LogP contribution in [0.3, 0.4) is 0 Å². The van der Waals surface area contributed by atoms with Gasteiger partial charge in [0.2, 0.25) is 15.4 Å². The lowest BCUT2D eigenvalue weighted by Crippen LogP contribution is -2.28. The molecule has 0 aliphatic heterocycles. The molecule has 1 aromatic heterocycles. The van der Waals surface area contributed by atoms with Gasteiger partial charge in [0.05, 0.1) is 7.11 Å². The number of benzene rings is 1. The van der Waals surface area contributed by atoms with Gasteiger partial charge in [0.1, 0.15) is 18.1 Å². The minimum absolute atomic E-state index is 0.0502. The maximum absolute atomic E-state index is 12.1. The van der Waals surface area contributed by atoms with Crippen LogP contribution in [0, 0.1) is 0 Å². The summed E-state index contributed by atoms with van der Waals surface area (Å²) in [6.07, 6.45) is 0. The Morgan fingerprint density at radius 2 is 2.04 bits per heavy atom. The lowest BCUT2D eigenvalue weighted by molar-refractivity contribution is -0.114. The van der Waals surface area contributed by atoms with Gasteiger partial charge < -0.3 is 14.8 Å². The van der Waals surface area contributed by atoms with Crippen LogP contribution >= 0.6 is 11.3 Å². The van der Waals surface area contributed by atoms with Crippen molar-refractivity contribution in [2.45, 2.75) is 11.3 Å². The molecular weight excluding hydrogens is 356 g/mol. The SMILES string of the molecule is COc1cccc(OCCNS(=O)(=O)c2nnc(NC(C)=O)s2)c1. The zero-order valence-electron chi connectivity index (χ0n) is 13.0. The molecule has 0 saturated heterocycles. The smallest absolute Gasteiger partial charge is 0.269 e. The van der Waals surface area contributed by atoms with E-state index in [4.69, 9.17) is 9.47 Å². The average molecular weight is 372 g/mol. The van der Waals surface area contributed by atoms with E-state index in [0.717, 1.165) is 11.3 Å². The van der Waals surface area contributed by atoms with E-state index in [9.17, 15) is 13.2 Å². The van der Waals surface area contributed by atoms with Crippen molar-refractivity contribution in [3.8, 4) is 11.5 Å². The minimum atomic E-state index is -3.80. The van der Waals surface area contributed by atoms with Crippen LogP contribution in [-0.4, -0.2) is 44.8 Å². The predicted molar refractivity (Wildman–Crippen MR) is 87.9 cm³/mol. The summed E-state index contributed by atoms with van der Waals surface area (Å²) in [5.74, 6) is 0.861. The number of hydrogen-bond donors (Lipinski definition) is 2. The Kier molecular flexibility index (Phi) is 6.06. The molecule has 0 saturated carbocycles. The summed E-state index contributed by atoms with van der Waals surface area (Å²) in [4.78, 5) is 10.9. The first-order valence-electron chi connectivity index (χ1n) is 6.78. The fourth-order valence-corrected chi connectivity index (χ4v) is 3.62. The molecule has 0 aliphatic rings. The van der Waals surface area contributed by atoms with E-state index in [-0.39, 0.29) is 28.5 Å². The maximum atomic E-state index is 12.1. The standard InChI is InChI=1S/C13H16N4O5S2/c1-9(18)15-12-16-17-13(23-12)24(19,20)14-6-7-22-11-5-3-4-10(8-11)21-2/h3-5,8,14H,6-7H2,1-2H3,(H,15,16,18). The van der Waals surface area contributed by atoms with Crippen LogP contribution in [0.1, 0.15) is 6.92 Å². The molecule has 0 unspecified atom stereocenters. The van der Waals surface area contributed by atoms with Crippen molar-refractivity contribution in [1.29, 1.82) is 0 Å². The van der Waals surface area contributed by atoms with Crippen molar-refractivity contribution >= 4 is 32.4 Å². The van der Waals surface area contributed by atoms with E-state index in [1.807, 2.05) is 0 Å². The van der Waals surface area contributed by atoms with Crippen LogP contribution in [-0.2, 0) is 14.8 Å². The lowest BCUT2D eigenvalue weighted by atomic mass is 10.3. The van der Waals surface area contributed by atoms with E-state index in [2.05, 4.69) is 20.2 Å². The van der Waals surface area contributed by atoms with E-state index in [1.165, 1.54) is 6.92 Å². The molecule has 24 heavy (non-hydrogen) atoms. The first kappa shape index (κ1) is 18.1. The monoisotopic (exact) mass is 372 g/mol. The molecule has 1 amide bonds. The summed E-state index contributed by atoms with van der Waals surface area (Å²) in [5.41, 5.74) is 0. The van der Waals surface area contributed by atoms with E-state index in [1.54, 1.807) is 31.4 Å². The van der Waals surface area contributed by atoms with Crippen molar-refractivity contribution in [2.75, 3.05) is 25.6 Å². The second-order valence-electron chi connectivity index (χ2n) is 4.48. The Labute approximate surface area is 143 Å². The molecule has 1 aromatic carbocycles. The second-order valence-corrected chi connectivity index (χ2v) is 7.40. The number of amides is 1. The number of carbonyl (C=O) groups excluding carboxylic acids is 1. The molecule has 0 atom stereocenters. The minimum Gasteiger partial charge on any atom is -0.497 e. The van der Waals surface area contributed by atoms with Crippen LogP contribution in [0.25, 0.3) is 0 Å². The third-order valence-electron chi connectivity index (χ3n) is 2.62. The molecule has 130 valence electrons. The summed E-state index contributed by atoms with van der Waals surface area (Å²) >= 11 is 0.766. The number of aromatic nitrogens is 2. The van der Waals surface area contributed by atoms with Crippen molar-refractivity contribution in [1.82, 2.24) is 14.9 Å². The molecule has 9 nitrogen and oxygen atoms in total. The third kappa shape index (κ3) is 5.15. The van der Waals surface area contributed by atoms with Crippen molar-refractivity contribution in [3.63, 3.8) is 0 Å². The first-order valence-corrected chi connectivity index (χ1v) is 9.08. The molecule has 0 spiro atoms. The number of anilines is 1. The highest BCUT2D eigenvalue weighted by atomic mass is 32.2. The highest BCUT2D eigenvalue weighted by Gasteiger charge is 2.20. The lowest BCUT2D eigenvalue weighted by Gasteiger charge is -2.08. The topological polar surface area (TPSA) is 120 Å². The molecule has 2 N–H and O–H groups in total. The summed E-state index contributed by atoms with van der Waals surface area (Å²) in [5, 5.41) is 9.63. The fourth-order valence-electron chi connectivity index (χ4n) is 1.62. The Balaban J connectivity index is 1.86. The van der Waals surface area contributed by atoms with Crippen LogP contribution in [0.5, 0.6) is 11.5 Å². The van der Waals surface area contributed by atoms with Crippen molar-refractivity contribution in [2.24, 2.45) is 0 Å². The summed E-state index contributed by atoms with van der Waals surface area (Å²) in [7, 11) is -2.26. The van der Waals surface area contributed by atoms with Crippen molar-refractivity contribution < 1.29 is 22.7 Å². The number of nitrogens with zero attached hydrogens (tertiary/aromatic N) is 2. The molecule has 11 heteroatoms. The van der Waals surface area contributed by atoms with Gasteiger partial charge in [0.15, 0.2) is 0 Å². The number of sulfonamides is 1. The number of carbonyl (C=O) groups is 1. The third-order valence-corrected chi connectivity index (χ3v) is 5.29. The Hall–Kier alpha value is -2.24. The fraction of sp³-hybridized carbons (Fsp3) is 0.308. The number of nitrogens with one attached hydrogen (secondary N) is 2. The molecule has 0 radical (unpaired) electrons. The first-order chi connectivity index (χ1) is 11.4. The quantitative estimate of drug-likeness (QED) is 0.521. The molecule has 0 fully saturated rings. The summed E-state index contributed by atoms with van der Waals surface area (Å²) < 4.78 is 36.7. The van der Waals surface area contributed by atoms with E-state index < -0.39 is 10.0 Å². The van der Waals surface area contributed by atoms with E-state index >= 15 is 0 Å². The highest BCUT2D eigenvalue weighted by Crippen LogP contribution is 2.20. The number of rotatable bonds is 8. The Bertz CT molecular complexity index is 806. The van der Waals surface area contributed by atoms with Crippen molar-refractivity contribution in [3.05, 3.63) is 24.3 Å². The van der Waals surface area contributed by atoms with Gasteiger partial charge in [-0.2, -0.15) is 0 Å². The van der Waals surface area contributed by atoms with Crippen LogP contribution in [0.4, 0.5) is 5.13 Å². The second kappa shape index (κ2) is 8.04. The van der Waals surface area contributed by atoms with Crippen LogP contribution in [0.2, 0.25) is 0 Å². The van der Waals surface area contributed by atoms with E-state index in [0.29, 0.717) is 11.5 Å². The van der Waals surface area contributed by atoms with Crippen LogP contribution < -0.4 is 19.5 Å². The zero-order chi connectivity index (χ0) is 17.6. The molecule has 0 aliphatic carbocycles. The van der Waals surface area contributed by atoms with Gasteiger partial charge >= 0.3 is 0 Å².